The summed E-state index contributed by atoms with van der Waals surface area (Å²) in [5.41, 5.74) is 0. The Hall–Kier alpha value is -3.16. The van der Waals surface area contributed by atoms with Crippen molar-refractivity contribution in [2.24, 2.45) is 0 Å². The highest BCUT2D eigenvalue weighted by molar-refractivity contribution is 7.90. The summed E-state index contributed by atoms with van der Waals surface area (Å²) in [6.45, 7) is 1.47. The Morgan fingerprint density at radius 1 is 1.15 bits per heavy atom. The molecule has 1 aromatic carbocycles. The summed E-state index contributed by atoms with van der Waals surface area (Å²) in [7, 11) is -3.43. The Balaban J connectivity index is 2.22. The van der Waals surface area contributed by atoms with Gasteiger partial charge in [-0.05, 0) is 19.1 Å². The second-order valence-electron chi connectivity index (χ2n) is 4.75. The predicted molar refractivity (Wildman–Crippen MR) is 83.6 cm³/mol. The highest BCUT2D eigenvalue weighted by Gasteiger charge is 2.34. The van der Waals surface area contributed by atoms with Gasteiger partial charge in [0.2, 0.25) is 5.95 Å². The molecule has 2 rings (SSSR count). The molecule has 146 valence electrons. The molecule has 0 unspecified atom stereocenters. The number of hydrogen-bond donors (Lipinski definition) is 2. The number of amides is 2. The van der Waals surface area contributed by atoms with Gasteiger partial charge in [0, 0.05) is 0 Å². The molecule has 0 fully saturated rings. The van der Waals surface area contributed by atoms with E-state index in [1.165, 1.54) is 18.8 Å². The van der Waals surface area contributed by atoms with Crippen LogP contribution in [-0.2, 0) is 10.0 Å². The summed E-state index contributed by atoms with van der Waals surface area (Å²) in [5, 5.41) is 2.02. The minimum Gasteiger partial charge on any atom is -0.467 e. The van der Waals surface area contributed by atoms with Crippen molar-refractivity contribution in [3.63, 3.8) is 0 Å². The summed E-state index contributed by atoms with van der Waals surface area (Å²) >= 11 is 0. The third kappa shape index (κ3) is 5.67. The zero-order chi connectivity index (χ0) is 20.2. The summed E-state index contributed by atoms with van der Waals surface area (Å²) in [4.78, 5) is 22.2. The fourth-order valence-electron chi connectivity index (χ4n) is 1.79. The van der Waals surface area contributed by atoms with E-state index >= 15 is 0 Å². The minimum absolute atomic E-state index is 0.135. The van der Waals surface area contributed by atoms with Gasteiger partial charge >= 0.3 is 18.4 Å². The Labute approximate surface area is 150 Å². The molecule has 1 heterocycles. The number of halogens is 3. The normalized spacial score (nSPS) is 11.6. The number of aromatic nitrogens is 3. The average molecular weight is 407 g/mol. The van der Waals surface area contributed by atoms with Crippen molar-refractivity contribution in [3.05, 3.63) is 30.1 Å². The van der Waals surface area contributed by atoms with Gasteiger partial charge in [-0.15, -0.1) is 13.2 Å². The molecule has 1 aromatic heterocycles. The van der Waals surface area contributed by atoms with E-state index < -0.39 is 33.1 Å². The van der Waals surface area contributed by atoms with Gasteiger partial charge in [0.05, 0.1) is 7.11 Å². The molecule has 27 heavy (non-hydrogen) atoms. The fourth-order valence-corrected chi connectivity index (χ4v) is 2.83. The number of benzene rings is 1. The number of alkyl halides is 3. The summed E-state index contributed by atoms with van der Waals surface area (Å²) in [5.74, 6) is -1.15. The molecule has 14 heteroatoms. The number of methoxy groups -OCH3 is 1. The topological polar surface area (TPSA) is 132 Å². The quantitative estimate of drug-likeness (QED) is 0.764. The van der Waals surface area contributed by atoms with Crippen LogP contribution in [0.15, 0.2) is 29.2 Å². The van der Waals surface area contributed by atoms with Gasteiger partial charge < -0.3 is 9.47 Å². The molecule has 0 atom stereocenters. The molecule has 0 radical (unpaired) electrons. The van der Waals surface area contributed by atoms with Crippen molar-refractivity contribution in [1.82, 2.24) is 19.7 Å². The van der Waals surface area contributed by atoms with Crippen molar-refractivity contribution >= 4 is 22.0 Å². The third-order valence-corrected chi connectivity index (χ3v) is 4.10. The molecule has 2 amide bonds. The Morgan fingerprint density at radius 2 is 1.81 bits per heavy atom. The largest absolute Gasteiger partial charge is 0.573 e. The third-order valence-electron chi connectivity index (χ3n) is 2.73. The molecule has 0 saturated heterocycles. The minimum atomic E-state index is -5.12. The van der Waals surface area contributed by atoms with E-state index in [4.69, 9.17) is 4.74 Å². The van der Waals surface area contributed by atoms with Crippen LogP contribution >= 0.6 is 0 Å². The van der Waals surface area contributed by atoms with E-state index in [2.05, 4.69) is 19.7 Å². The van der Waals surface area contributed by atoms with Crippen molar-refractivity contribution in [3.8, 4) is 11.8 Å². The lowest BCUT2D eigenvalue weighted by molar-refractivity contribution is -0.275. The van der Waals surface area contributed by atoms with E-state index in [0.717, 1.165) is 24.3 Å². The van der Waals surface area contributed by atoms with Gasteiger partial charge in [-0.3, -0.25) is 5.32 Å². The lowest BCUT2D eigenvalue weighted by Crippen LogP contribution is -2.35. The first-order chi connectivity index (χ1) is 12.5. The van der Waals surface area contributed by atoms with Crippen molar-refractivity contribution in [2.75, 3.05) is 12.4 Å². The number of sulfonamides is 1. The molecule has 2 N–H and O–H groups in total. The highest BCUT2D eigenvalue weighted by Crippen LogP contribution is 2.29. The number of nitrogens with one attached hydrogen (secondary N) is 2. The molecule has 0 saturated carbocycles. The standard InChI is InChI=1S/C13H12F3N5O5S/c1-7-17-10(20-12(18-7)25-2)19-11(22)21-27(23,24)9-6-4-3-5-8(9)26-13(14,15)16/h3-6H,1-2H3,(H2,17,18,19,20,21,22). The van der Waals surface area contributed by atoms with Crippen LogP contribution in [0.25, 0.3) is 0 Å². The zero-order valence-corrected chi connectivity index (χ0v) is 14.6. The number of nitrogens with zero attached hydrogens (tertiary/aromatic N) is 3. The maximum absolute atomic E-state index is 12.4. The van der Waals surface area contributed by atoms with Gasteiger partial charge in [0.25, 0.3) is 10.0 Å². The number of anilines is 1. The number of rotatable bonds is 5. The van der Waals surface area contributed by atoms with Gasteiger partial charge in [0.15, 0.2) is 0 Å². The van der Waals surface area contributed by atoms with Crippen molar-refractivity contribution < 1.29 is 35.9 Å². The van der Waals surface area contributed by atoms with Crippen LogP contribution in [0, 0.1) is 6.92 Å². The molecule has 2 aromatic rings. The first-order valence-corrected chi connectivity index (χ1v) is 8.44. The van der Waals surface area contributed by atoms with Gasteiger partial charge in [-0.2, -0.15) is 15.0 Å². The van der Waals surface area contributed by atoms with E-state index in [0.29, 0.717) is 0 Å². The first-order valence-electron chi connectivity index (χ1n) is 6.95. The maximum Gasteiger partial charge on any atom is 0.573 e. The number of ether oxygens (including phenoxy) is 2. The molecular formula is C13H12F3N5O5S. The number of carbonyl (C=O) groups excluding carboxylic acids is 1. The van der Waals surface area contributed by atoms with E-state index in [9.17, 15) is 26.4 Å². The Bertz CT molecular complexity index is 952. The molecule has 0 aliphatic heterocycles. The van der Waals surface area contributed by atoms with Gasteiger partial charge in [-0.25, -0.2) is 17.9 Å². The van der Waals surface area contributed by atoms with Crippen molar-refractivity contribution in [1.29, 1.82) is 0 Å². The second-order valence-corrected chi connectivity index (χ2v) is 6.40. The Kier molecular flexibility index (Phi) is 5.68. The summed E-state index contributed by atoms with van der Waals surface area (Å²) in [6, 6.07) is 2.48. The number of carbonyl (C=O) groups is 1. The number of urea groups is 1. The van der Waals surface area contributed by atoms with E-state index in [1.54, 1.807) is 0 Å². The fraction of sp³-hybridized carbons (Fsp3) is 0.231. The molecule has 0 bridgehead atoms. The molecule has 0 aliphatic rings. The maximum atomic E-state index is 12.4. The van der Waals surface area contributed by atoms with Crippen LogP contribution in [0.4, 0.5) is 23.9 Å². The highest BCUT2D eigenvalue weighted by atomic mass is 32.2. The lowest BCUT2D eigenvalue weighted by atomic mass is 10.3. The molecule has 0 aliphatic carbocycles. The number of aryl methyl sites for hydroxylation is 1. The first kappa shape index (κ1) is 20.2. The van der Waals surface area contributed by atoms with Gasteiger partial charge in [0.1, 0.15) is 16.5 Å². The predicted octanol–water partition coefficient (Wildman–Crippen LogP) is 1.60. The van der Waals surface area contributed by atoms with E-state index in [1.807, 2.05) is 5.32 Å². The lowest BCUT2D eigenvalue weighted by Gasteiger charge is -2.14. The summed E-state index contributed by atoms with van der Waals surface area (Å²) < 4.78 is 71.7. The average Bonchev–Trinajstić information content (AvgIpc) is 2.52. The Morgan fingerprint density at radius 3 is 2.44 bits per heavy atom. The monoisotopic (exact) mass is 407 g/mol. The SMILES string of the molecule is COc1nc(C)nc(NC(=O)NS(=O)(=O)c2ccccc2OC(F)(F)F)n1. The zero-order valence-electron chi connectivity index (χ0n) is 13.7. The van der Waals surface area contributed by atoms with Crippen LogP contribution in [0.3, 0.4) is 0 Å². The molecule has 10 nitrogen and oxygen atoms in total. The van der Waals surface area contributed by atoms with Crippen LogP contribution in [0.5, 0.6) is 11.8 Å². The van der Waals surface area contributed by atoms with Crippen molar-refractivity contribution in [2.45, 2.75) is 18.2 Å². The number of para-hydroxylation sites is 1. The second kappa shape index (κ2) is 7.61. The molecular weight excluding hydrogens is 395 g/mol. The van der Waals surface area contributed by atoms with Crippen LogP contribution < -0.4 is 19.5 Å². The van der Waals surface area contributed by atoms with Crippen LogP contribution in [-0.4, -0.2) is 42.9 Å². The summed E-state index contributed by atoms with van der Waals surface area (Å²) in [6.07, 6.45) is -5.12. The van der Waals surface area contributed by atoms with Crippen LogP contribution in [0.1, 0.15) is 5.82 Å². The van der Waals surface area contributed by atoms with Crippen LogP contribution in [0.2, 0.25) is 0 Å². The van der Waals surface area contributed by atoms with Gasteiger partial charge in [-0.1, -0.05) is 12.1 Å². The molecule has 0 spiro atoms. The number of hydrogen-bond acceptors (Lipinski definition) is 8. The van der Waals surface area contributed by atoms with E-state index in [-0.39, 0.29) is 17.8 Å². The smallest absolute Gasteiger partial charge is 0.467 e.